The first-order valence-corrected chi connectivity index (χ1v) is 9.02. The van der Waals surface area contributed by atoms with Crippen molar-refractivity contribution >= 4 is 18.0 Å². The Labute approximate surface area is 149 Å². The number of hydrogen-bond acceptors (Lipinski definition) is 4. The third-order valence-corrected chi connectivity index (χ3v) is 6.40. The number of esters is 1. The molecule has 3 rings (SSSR count). The van der Waals surface area contributed by atoms with Crippen LogP contribution in [0.3, 0.4) is 0 Å². The highest BCUT2D eigenvalue weighted by Gasteiger charge is 2.57. The van der Waals surface area contributed by atoms with Crippen molar-refractivity contribution in [2.75, 3.05) is 7.11 Å². The number of hydrogen-bond donors (Lipinski definition) is 0. The van der Waals surface area contributed by atoms with Crippen molar-refractivity contribution in [2.45, 2.75) is 52.9 Å². The molecule has 0 aromatic rings. The topological polar surface area (TPSA) is 60.4 Å². The van der Waals surface area contributed by atoms with Crippen molar-refractivity contribution in [3.05, 3.63) is 34.4 Å². The summed E-state index contributed by atoms with van der Waals surface area (Å²) in [6, 6.07) is 0. The molecule has 0 heterocycles. The van der Waals surface area contributed by atoms with Gasteiger partial charge in [0, 0.05) is 6.42 Å². The van der Waals surface area contributed by atoms with Crippen LogP contribution in [0.15, 0.2) is 34.4 Å². The van der Waals surface area contributed by atoms with Crippen molar-refractivity contribution < 1.29 is 19.1 Å². The van der Waals surface area contributed by atoms with Crippen molar-refractivity contribution in [1.29, 1.82) is 0 Å². The minimum Gasteiger partial charge on any atom is -0.468 e. The number of ketones is 1. The zero-order valence-electron chi connectivity index (χ0n) is 15.5. The maximum atomic E-state index is 13.0. The van der Waals surface area contributed by atoms with Gasteiger partial charge in [0.1, 0.15) is 12.1 Å². The van der Waals surface area contributed by atoms with Gasteiger partial charge < -0.3 is 4.74 Å². The Morgan fingerprint density at radius 1 is 1.24 bits per heavy atom. The number of rotatable bonds is 3. The lowest BCUT2D eigenvalue weighted by Crippen LogP contribution is -2.44. The molecule has 0 bridgehead atoms. The minimum atomic E-state index is -0.640. The zero-order chi connectivity index (χ0) is 18.4. The van der Waals surface area contributed by atoms with Gasteiger partial charge in [-0.25, -0.2) is 0 Å². The molecule has 0 radical (unpaired) electrons. The van der Waals surface area contributed by atoms with Crippen molar-refractivity contribution in [3.8, 4) is 0 Å². The van der Waals surface area contributed by atoms with E-state index >= 15 is 0 Å². The van der Waals surface area contributed by atoms with Crippen molar-refractivity contribution in [2.24, 2.45) is 16.7 Å². The van der Waals surface area contributed by atoms with Crippen LogP contribution >= 0.6 is 0 Å². The van der Waals surface area contributed by atoms with E-state index in [2.05, 4.69) is 13.8 Å². The predicted octanol–water partition coefficient (Wildman–Crippen LogP) is 3.72. The molecule has 3 aliphatic rings. The van der Waals surface area contributed by atoms with Crippen LogP contribution in [-0.4, -0.2) is 25.1 Å². The van der Waals surface area contributed by atoms with Crippen LogP contribution in [-0.2, 0) is 19.1 Å². The van der Waals surface area contributed by atoms with Crippen LogP contribution in [0.5, 0.6) is 0 Å². The molecule has 0 unspecified atom stereocenters. The SMILES string of the molecule is COC(=O)[C@]12CCC(C(C)C)=C1C1=CC=C(C=O)CC(=O)[C@]1(C)CC2. The molecular formula is C21H26O4. The van der Waals surface area contributed by atoms with Gasteiger partial charge in [-0.2, -0.15) is 0 Å². The molecule has 0 N–H and O–H groups in total. The standard InChI is InChI=1S/C21H26O4/c1-13(2)15-7-8-21(19(24)25-4)10-9-20(3)16(18(15)21)6-5-14(12-22)11-17(20)23/h5-6,12-13H,7-11H2,1-4H3/t20-,21+/m1/s1. The van der Waals surface area contributed by atoms with E-state index in [4.69, 9.17) is 4.74 Å². The molecule has 0 amide bonds. The lowest BCUT2D eigenvalue weighted by Gasteiger charge is -2.44. The molecule has 0 saturated heterocycles. The molecule has 25 heavy (non-hydrogen) atoms. The average molecular weight is 342 g/mol. The normalized spacial score (nSPS) is 31.8. The molecule has 3 aliphatic carbocycles. The van der Waals surface area contributed by atoms with Crippen LogP contribution in [0.1, 0.15) is 52.9 Å². The number of Topliss-reactive ketones (excluding diaryl/α,β-unsaturated/α-hetero) is 1. The Kier molecular flexibility index (Phi) is 4.34. The smallest absolute Gasteiger partial charge is 0.316 e. The summed E-state index contributed by atoms with van der Waals surface area (Å²) in [5.41, 5.74) is 2.41. The second kappa shape index (κ2) is 6.08. The molecule has 0 aromatic heterocycles. The molecule has 0 spiro atoms. The first kappa shape index (κ1) is 17.8. The van der Waals surface area contributed by atoms with E-state index in [0.717, 1.165) is 30.3 Å². The third-order valence-electron chi connectivity index (χ3n) is 6.40. The van der Waals surface area contributed by atoms with E-state index in [9.17, 15) is 14.4 Å². The number of methoxy groups -OCH3 is 1. The molecular weight excluding hydrogens is 316 g/mol. The fraction of sp³-hybridized carbons (Fsp3) is 0.571. The molecule has 134 valence electrons. The van der Waals surface area contributed by atoms with Crippen LogP contribution < -0.4 is 0 Å². The van der Waals surface area contributed by atoms with Crippen LogP contribution in [0.4, 0.5) is 0 Å². The summed E-state index contributed by atoms with van der Waals surface area (Å²) in [4.78, 5) is 37.0. The number of fused-ring (bicyclic) bond motifs is 3. The number of carbonyl (C=O) groups is 3. The monoisotopic (exact) mass is 342 g/mol. The average Bonchev–Trinajstić information content (AvgIpc) is 2.94. The van der Waals surface area contributed by atoms with Gasteiger partial charge in [0.05, 0.1) is 17.9 Å². The zero-order valence-corrected chi connectivity index (χ0v) is 15.5. The molecule has 1 saturated carbocycles. The summed E-state index contributed by atoms with van der Waals surface area (Å²) >= 11 is 0. The van der Waals surface area contributed by atoms with E-state index < -0.39 is 10.8 Å². The van der Waals surface area contributed by atoms with Gasteiger partial charge in [-0.15, -0.1) is 0 Å². The fourth-order valence-electron chi connectivity index (χ4n) is 4.81. The summed E-state index contributed by atoms with van der Waals surface area (Å²) in [6.45, 7) is 6.23. The second-order valence-electron chi connectivity index (χ2n) is 8.00. The van der Waals surface area contributed by atoms with Crippen molar-refractivity contribution in [1.82, 2.24) is 0 Å². The predicted molar refractivity (Wildman–Crippen MR) is 94.7 cm³/mol. The van der Waals surface area contributed by atoms with E-state index in [0.29, 0.717) is 24.3 Å². The van der Waals surface area contributed by atoms with E-state index in [1.54, 1.807) is 6.08 Å². The molecule has 1 fully saturated rings. The van der Waals surface area contributed by atoms with Crippen LogP contribution in [0.25, 0.3) is 0 Å². The Bertz CT molecular complexity index is 737. The maximum Gasteiger partial charge on any atom is 0.316 e. The Morgan fingerprint density at radius 2 is 1.96 bits per heavy atom. The van der Waals surface area contributed by atoms with Gasteiger partial charge in [0.25, 0.3) is 0 Å². The Morgan fingerprint density at radius 3 is 2.56 bits per heavy atom. The van der Waals surface area contributed by atoms with Crippen LogP contribution in [0, 0.1) is 16.7 Å². The van der Waals surface area contributed by atoms with Gasteiger partial charge >= 0.3 is 5.97 Å². The van der Waals surface area contributed by atoms with Gasteiger partial charge in [0.2, 0.25) is 0 Å². The van der Waals surface area contributed by atoms with E-state index in [1.165, 1.54) is 12.7 Å². The first-order chi connectivity index (χ1) is 11.8. The Balaban J connectivity index is 2.26. The first-order valence-electron chi connectivity index (χ1n) is 9.02. The number of aldehydes is 1. The fourth-order valence-corrected chi connectivity index (χ4v) is 4.81. The lowest BCUT2D eigenvalue weighted by atomic mass is 9.57. The van der Waals surface area contributed by atoms with Crippen molar-refractivity contribution in [3.63, 3.8) is 0 Å². The summed E-state index contributed by atoms with van der Waals surface area (Å²) in [5.74, 6) is 0.172. The van der Waals surface area contributed by atoms with E-state index in [-0.39, 0.29) is 18.2 Å². The molecule has 2 atom stereocenters. The van der Waals surface area contributed by atoms with Crippen LogP contribution in [0.2, 0.25) is 0 Å². The summed E-state index contributed by atoms with van der Waals surface area (Å²) in [6.07, 6.45) is 7.42. The minimum absolute atomic E-state index is 0.0653. The molecule has 0 aliphatic heterocycles. The van der Waals surface area contributed by atoms with Gasteiger partial charge in [0.15, 0.2) is 0 Å². The summed E-state index contributed by atoms with van der Waals surface area (Å²) in [5, 5.41) is 0. The third kappa shape index (κ3) is 2.45. The summed E-state index contributed by atoms with van der Waals surface area (Å²) < 4.78 is 5.18. The summed E-state index contributed by atoms with van der Waals surface area (Å²) in [7, 11) is 1.44. The van der Waals surface area contributed by atoms with Gasteiger partial charge in [-0.05, 0) is 55.2 Å². The quantitative estimate of drug-likeness (QED) is 0.579. The Hall–Kier alpha value is -1.97. The van der Waals surface area contributed by atoms with E-state index in [1.807, 2.05) is 13.0 Å². The van der Waals surface area contributed by atoms with Gasteiger partial charge in [-0.1, -0.05) is 31.6 Å². The number of carbonyl (C=O) groups excluding carboxylic acids is 3. The highest BCUT2D eigenvalue weighted by atomic mass is 16.5. The second-order valence-corrected chi connectivity index (χ2v) is 8.00. The molecule has 4 nitrogen and oxygen atoms in total. The largest absolute Gasteiger partial charge is 0.468 e. The molecule has 4 heteroatoms. The van der Waals surface area contributed by atoms with Gasteiger partial charge in [-0.3, -0.25) is 14.4 Å². The number of ether oxygens (including phenoxy) is 1. The maximum absolute atomic E-state index is 13.0. The highest BCUT2D eigenvalue weighted by Crippen LogP contribution is 2.61. The lowest BCUT2D eigenvalue weighted by molar-refractivity contribution is -0.152. The highest BCUT2D eigenvalue weighted by molar-refractivity contribution is 5.98. The number of allylic oxidation sites excluding steroid dienone is 5. The molecule has 0 aromatic carbocycles.